The fraction of sp³-hybridized carbons (Fsp3) is 0.576. The minimum atomic E-state index is -4.45. The molecule has 0 bridgehead atoms. The highest BCUT2D eigenvalue weighted by Gasteiger charge is 2.39. The first-order valence-electron chi connectivity index (χ1n) is 15.3. The maximum Gasteiger partial charge on any atom is 0.416 e. The zero-order valence-electron chi connectivity index (χ0n) is 25.3. The van der Waals surface area contributed by atoms with Gasteiger partial charge in [0.05, 0.1) is 17.7 Å². The molecule has 1 amide bonds. The van der Waals surface area contributed by atoms with E-state index >= 15 is 4.39 Å². The predicted molar refractivity (Wildman–Crippen MR) is 158 cm³/mol. The Morgan fingerprint density at radius 1 is 0.977 bits per heavy atom. The molecule has 2 heterocycles. The van der Waals surface area contributed by atoms with Crippen LogP contribution in [0.5, 0.6) is 5.75 Å². The summed E-state index contributed by atoms with van der Waals surface area (Å²) in [6, 6.07) is 5.78. The number of piperidine rings is 1. The van der Waals surface area contributed by atoms with Gasteiger partial charge in [0.15, 0.2) is 0 Å². The summed E-state index contributed by atoms with van der Waals surface area (Å²) in [6.45, 7) is 7.36. The fourth-order valence-corrected chi connectivity index (χ4v) is 6.28. The Bertz CT molecular complexity index is 1380. The Balaban J connectivity index is 1.21. The number of alkyl halides is 3. The molecule has 0 aromatic heterocycles. The average molecular weight is 639 g/mol. The number of esters is 1. The van der Waals surface area contributed by atoms with Crippen molar-refractivity contribution < 1.29 is 36.6 Å². The topological polar surface area (TPSA) is 59.1 Å². The number of hydrogen-bond donors (Lipinski definition) is 0. The Morgan fingerprint density at radius 3 is 2.32 bits per heavy atom. The minimum absolute atomic E-state index is 0.0674. The molecule has 3 fully saturated rings. The van der Waals surface area contributed by atoms with Crippen LogP contribution >= 0.6 is 11.6 Å². The first-order chi connectivity index (χ1) is 20.7. The number of rotatable bonds is 8. The third-order valence-electron chi connectivity index (χ3n) is 8.49. The number of carbonyl (C=O) groups is 2. The number of likely N-dealkylation sites (tertiary alicyclic amines) is 2. The van der Waals surface area contributed by atoms with Crippen LogP contribution in [0, 0.1) is 11.7 Å². The van der Waals surface area contributed by atoms with Gasteiger partial charge in [-0.3, -0.25) is 9.69 Å². The van der Waals surface area contributed by atoms with E-state index in [4.69, 9.17) is 21.1 Å². The molecule has 2 aromatic rings. The van der Waals surface area contributed by atoms with Crippen LogP contribution in [0.2, 0.25) is 5.02 Å². The van der Waals surface area contributed by atoms with Gasteiger partial charge in [-0.1, -0.05) is 11.6 Å². The lowest BCUT2D eigenvalue weighted by Crippen LogP contribution is -2.43. The van der Waals surface area contributed by atoms with E-state index in [0.29, 0.717) is 44.8 Å². The third-order valence-corrected chi connectivity index (χ3v) is 8.72. The Kier molecular flexibility index (Phi) is 9.52. The third kappa shape index (κ3) is 7.86. The van der Waals surface area contributed by atoms with Crippen molar-refractivity contribution in [2.75, 3.05) is 26.2 Å². The number of nitrogens with zero attached hydrogens (tertiary/aromatic N) is 2. The highest BCUT2D eigenvalue weighted by atomic mass is 35.5. The van der Waals surface area contributed by atoms with Gasteiger partial charge in [0.2, 0.25) is 0 Å². The Hall–Kier alpha value is -2.85. The van der Waals surface area contributed by atoms with Gasteiger partial charge in [0.1, 0.15) is 23.2 Å². The second-order valence-corrected chi connectivity index (χ2v) is 13.6. The fourth-order valence-electron chi connectivity index (χ4n) is 6.08. The van der Waals surface area contributed by atoms with Crippen molar-refractivity contribution in [2.45, 2.75) is 89.6 Å². The molecule has 6 nitrogen and oxygen atoms in total. The molecule has 5 rings (SSSR count). The van der Waals surface area contributed by atoms with Gasteiger partial charge in [-0.25, -0.2) is 9.18 Å². The highest BCUT2D eigenvalue weighted by molar-refractivity contribution is 6.30. The normalized spacial score (nSPS) is 20.2. The molecule has 44 heavy (non-hydrogen) atoms. The van der Waals surface area contributed by atoms with Gasteiger partial charge in [-0.05, 0) is 120 Å². The maximum absolute atomic E-state index is 15.4. The first kappa shape index (κ1) is 32.5. The lowest BCUT2D eigenvalue weighted by atomic mass is 9.96. The smallest absolute Gasteiger partial charge is 0.416 e. The van der Waals surface area contributed by atoms with E-state index in [0.717, 1.165) is 37.3 Å². The van der Waals surface area contributed by atoms with E-state index in [1.807, 2.05) is 4.90 Å². The van der Waals surface area contributed by atoms with Crippen LogP contribution in [0.25, 0.3) is 0 Å². The molecule has 11 heteroatoms. The second kappa shape index (κ2) is 12.9. The SMILES string of the molecule is CC(C)(C)OC(=O)[C@@H]1CCCN1C(=O)c1cc(C2CC2)c(OCC2CCN(Cc3cc(Cl)ccc3C(F)(F)F)CC2)cc1F. The van der Waals surface area contributed by atoms with E-state index < -0.39 is 41.1 Å². The molecular formula is C33H39ClF4N2O4. The standard InChI is InChI=1S/C33H39ClF4N2O4/c1-32(2,3)44-31(42)28-5-4-12-40(28)30(41)25-16-24(21-6-7-21)29(17-27(25)35)43-19-20-10-13-39(14-11-20)18-22-15-23(34)8-9-26(22)33(36,37)38/h8-9,15-17,20-21,28H,4-7,10-14,18-19H2,1-3H3/t28-/m0/s1. The molecular weight excluding hydrogens is 600 g/mol. The van der Waals surface area contributed by atoms with Crippen molar-refractivity contribution in [1.29, 1.82) is 0 Å². The van der Waals surface area contributed by atoms with E-state index in [-0.39, 0.29) is 34.5 Å². The van der Waals surface area contributed by atoms with Gasteiger partial charge >= 0.3 is 12.1 Å². The van der Waals surface area contributed by atoms with E-state index in [2.05, 4.69) is 0 Å². The van der Waals surface area contributed by atoms with Crippen molar-refractivity contribution in [3.8, 4) is 5.75 Å². The molecule has 1 aliphatic carbocycles. The zero-order chi connectivity index (χ0) is 31.8. The minimum Gasteiger partial charge on any atom is -0.493 e. The van der Waals surface area contributed by atoms with E-state index in [1.165, 1.54) is 23.1 Å². The molecule has 1 saturated carbocycles. The number of carbonyl (C=O) groups excluding carboxylic acids is 2. The molecule has 0 radical (unpaired) electrons. The summed E-state index contributed by atoms with van der Waals surface area (Å²) in [5, 5.41) is 0.269. The van der Waals surface area contributed by atoms with Crippen LogP contribution in [-0.2, 0) is 22.3 Å². The summed E-state index contributed by atoms with van der Waals surface area (Å²) in [5.41, 5.74) is -0.483. The van der Waals surface area contributed by atoms with Crippen LogP contribution in [0.3, 0.4) is 0 Å². The second-order valence-electron chi connectivity index (χ2n) is 13.2. The molecule has 2 aromatic carbocycles. The summed E-state index contributed by atoms with van der Waals surface area (Å²) >= 11 is 5.99. The van der Waals surface area contributed by atoms with E-state index in [9.17, 15) is 22.8 Å². The van der Waals surface area contributed by atoms with Gasteiger partial charge in [-0.2, -0.15) is 13.2 Å². The van der Waals surface area contributed by atoms with Crippen LogP contribution in [-0.4, -0.2) is 59.6 Å². The van der Waals surface area contributed by atoms with Gasteiger partial charge in [0.25, 0.3) is 5.91 Å². The predicted octanol–water partition coefficient (Wildman–Crippen LogP) is 7.61. The van der Waals surface area contributed by atoms with E-state index in [1.54, 1.807) is 26.8 Å². The molecule has 2 saturated heterocycles. The van der Waals surface area contributed by atoms with Crippen LogP contribution in [0.4, 0.5) is 17.6 Å². The largest absolute Gasteiger partial charge is 0.493 e. The molecule has 1 atom stereocenters. The quantitative estimate of drug-likeness (QED) is 0.220. The first-order valence-corrected chi connectivity index (χ1v) is 15.7. The number of ether oxygens (including phenoxy) is 2. The summed E-state index contributed by atoms with van der Waals surface area (Å²) in [7, 11) is 0. The number of hydrogen-bond acceptors (Lipinski definition) is 5. The molecule has 0 N–H and O–H groups in total. The lowest BCUT2D eigenvalue weighted by molar-refractivity contribution is -0.159. The van der Waals surface area contributed by atoms with Crippen molar-refractivity contribution in [2.24, 2.45) is 5.92 Å². The summed E-state index contributed by atoms with van der Waals surface area (Å²) in [4.78, 5) is 29.6. The average Bonchev–Trinajstić information content (AvgIpc) is 3.65. The van der Waals surface area contributed by atoms with Crippen LogP contribution < -0.4 is 4.74 Å². The van der Waals surface area contributed by atoms with Gasteiger partial charge in [0, 0.05) is 24.2 Å². The Labute approximate surface area is 260 Å². The summed E-state index contributed by atoms with van der Waals surface area (Å²) in [5.74, 6) is -0.942. The zero-order valence-corrected chi connectivity index (χ0v) is 26.1. The number of amides is 1. The van der Waals surface area contributed by atoms with Crippen molar-refractivity contribution in [3.63, 3.8) is 0 Å². The Morgan fingerprint density at radius 2 is 1.68 bits per heavy atom. The molecule has 240 valence electrons. The monoisotopic (exact) mass is 638 g/mol. The number of benzene rings is 2. The summed E-state index contributed by atoms with van der Waals surface area (Å²) < 4.78 is 67.6. The lowest BCUT2D eigenvalue weighted by Gasteiger charge is -2.32. The van der Waals surface area contributed by atoms with Crippen LogP contribution in [0.1, 0.15) is 92.3 Å². The molecule has 0 spiro atoms. The maximum atomic E-state index is 15.4. The van der Waals surface area contributed by atoms with Crippen molar-refractivity contribution in [1.82, 2.24) is 9.80 Å². The van der Waals surface area contributed by atoms with Gasteiger partial charge < -0.3 is 14.4 Å². The summed E-state index contributed by atoms with van der Waals surface area (Å²) in [6.07, 6.45) is -0.0599. The van der Waals surface area contributed by atoms with Crippen molar-refractivity contribution >= 4 is 23.5 Å². The number of halogens is 5. The molecule has 2 aliphatic heterocycles. The molecule has 0 unspecified atom stereocenters. The highest BCUT2D eigenvalue weighted by Crippen LogP contribution is 2.45. The van der Waals surface area contributed by atoms with Crippen LogP contribution in [0.15, 0.2) is 30.3 Å². The molecule has 3 aliphatic rings. The van der Waals surface area contributed by atoms with Crippen molar-refractivity contribution in [3.05, 3.63) is 63.4 Å². The van der Waals surface area contributed by atoms with Gasteiger partial charge in [-0.15, -0.1) is 0 Å².